The normalized spacial score (nSPS) is 15.9. The zero-order valence-electron chi connectivity index (χ0n) is 19.5. The maximum atomic E-state index is 13.7. The molecule has 8 nitrogen and oxygen atoms in total. The summed E-state index contributed by atoms with van der Waals surface area (Å²) in [6.07, 6.45) is 1.46. The SMILES string of the molecule is CSCC[C@H](NC(=O)Cc1cc(F)cc(F)c1)C(=O)C1(N)C(=O)N(C)c2ccccc2N(C)C1=O. The average molecular weight is 505 g/mol. The van der Waals surface area contributed by atoms with E-state index in [9.17, 15) is 28.0 Å². The molecule has 0 spiro atoms. The van der Waals surface area contributed by atoms with Crippen LogP contribution in [0.15, 0.2) is 42.5 Å². The fourth-order valence-corrected chi connectivity index (χ4v) is 4.48. The molecular formula is C24H26F2N4O4S. The monoisotopic (exact) mass is 504 g/mol. The van der Waals surface area contributed by atoms with E-state index < -0.39 is 53.1 Å². The van der Waals surface area contributed by atoms with Crippen LogP contribution >= 0.6 is 11.8 Å². The molecule has 1 heterocycles. The van der Waals surface area contributed by atoms with Gasteiger partial charge in [0, 0.05) is 20.2 Å². The fraction of sp³-hybridized carbons (Fsp3) is 0.333. The number of nitrogens with two attached hydrogens (primary N) is 1. The molecule has 2 aromatic carbocycles. The highest BCUT2D eigenvalue weighted by Crippen LogP contribution is 2.34. The summed E-state index contributed by atoms with van der Waals surface area (Å²) in [5.41, 5.74) is 4.56. The number of para-hydroxylation sites is 2. The van der Waals surface area contributed by atoms with Gasteiger partial charge in [-0.1, -0.05) is 12.1 Å². The highest BCUT2D eigenvalue weighted by molar-refractivity contribution is 7.98. The van der Waals surface area contributed by atoms with Gasteiger partial charge >= 0.3 is 0 Å². The van der Waals surface area contributed by atoms with Gasteiger partial charge in [0.05, 0.1) is 23.8 Å². The summed E-state index contributed by atoms with van der Waals surface area (Å²) in [5.74, 6) is -4.81. The molecule has 0 saturated heterocycles. The van der Waals surface area contributed by atoms with Crippen LogP contribution in [0, 0.1) is 11.6 Å². The van der Waals surface area contributed by atoms with Crippen LogP contribution < -0.4 is 20.9 Å². The quantitative estimate of drug-likeness (QED) is 0.529. The van der Waals surface area contributed by atoms with Gasteiger partial charge in [0.25, 0.3) is 11.8 Å². The lowest BCUT2D eigenvalue weighted by molar-refractivity contribution is -0.143. The standard InChI is InChI=1S/C24H26F2N4O4S/c1-29-18-6-4-5-7-19(18)30(2)23(34)24(27,22(29)33)21(32)17(8-9-35-3)28-20(31)12-14-10-15(25)13-16(26)11-14/h4-7,10-11,13,17H,8-9,12,27H2,1-3H3,(H,28,31)/t17-/m0/s1. The number of amides is 3. The number of nitrogens with zero attached hydrogens (tertiary/aromatic N) is 2. The number of carbonyl (C=O) groups excluding carboxylic acids is 4. The van der Waals surface area contributed by atoms with Crippen LogP contribution in [0.3, 0.4) is 0 Å². The molecule has 0 aromatic heterocycles. The molecule has 0 unspecified atom stereocenters. The number of rotatable bonds is 8. The minimum absolute atomic E-state index is 0.0649. The number of halogens is 2. The van der Waals surface area contributed by atoms with Gasteiger partial charge < -0.3 is 20.9 Å². The van der Waals surface area contributed by atoms with Gasteiger partial charge in [0.15, 0.2) is 5.78 Å². The van der Waals surface area contributed by atoms with Crippen molar-refractivity contribution in [1.82, 2.24) is 5.32 Å². The minimum Gasteiger partial charge on any atom is -0.346 e. The van der Waals surface area contributed by atoms with Crippen LogP contribution in [-0.2, 0) is 25.6 Å². The van der Waals surface area contributed by atoms with Gasteiger partial charge in [-0.05, 0) is 48.3 Å². The Balaban J connectivity index is 1.92. The smallest absolute Gasteiger partial charge is 0.264 e. The van der Waals surface area contributed by atoms with Gasteiger partial charge in [-0.15, -0.1) is 0 Å². The van der Waals surface area contributed by atoms with Crippen LogP contribution in [0.4, 0.5) is 20.2 Å². The molecule has 1 atom stereocenters. The fourth-order valence-electron chi connectivity index (χ4n) is 4.00. The van der Waals surface area contributed by atoms with Crippen molar-refractivity contribution in [2.24, 2.45) is 5.73 Å². The van der Waals surface area contributed by atoms with Crippen molar-refractivity contribution in [2.45, 2.75) is 24.4 Å². The van der Waals surface area contributed by atoms with Crippen molar-refractivity contribution in [1.29, 1.82) is 0 Å². The van der Waals surface area contributed by atoms with Gasteiger partial charge in [0.2, 0.25) is 11.4 Å². The van der Waals surface area contributed by atoms with E-state index in [4.69, 9.17) is 5.73 Å². The van der Waals surface area contributed by atoms with Gasteiger partial charge in [0.1, 0.15) is 11.6 Å². The van der Waals surface area contributed by atoms with Crippen molar-refractivity contribution in [3.63, 3.8) is 0 Å². The summed E-state index contributed by atoms with van der Waals surface area (Å²) in [5, 5.41) is 2.51. The molecule has 186 valence electrons. The molecule has 0 fully saturated rings. The minimum atomic E-state index is -2.59. The Morgan fingerprint density at radius 3 is 2.03 bits per heavy atom. The molecule has 35 heavy (non-hydrogen) atoms. The second kappa shape index (κ2) is 10.5. The number of ketones is 1. The lowest BCUT2D eigenvalue weighted by Gasteiger charge is -2.31. The molecule has 0 aliphatic carbocycles. The molecule has 0 radical (unpaired) electrons. The predicted octanol–water partition coefficient (Wildman–Crippen LogP) is 1.65. The van der Waals surface area contributed by atoms with Gasteiger partial charge in [-0.3, -0.25) is 19.2 Å². The van der Waals surface area contributed by atoms with E-state index in [1.54, 1.807) is 30.5 Å². The number of likely N-dealkylation sites (N-methyl/N-ethyl adjacent to an activating group) is 2. The molecular weight excluding hydrogens is 478 g/mol. The summed E-state index contributed by atoms with van der Waals surface area (Å²) in [6.45, 7) is 0. The lowest BCUT2D eigenvalue weighted by atomic mass is 9.86. The van der Waals surface area contributed by atoms with E-state index in [-0.39, 0.29) is 12.0 Å². The number of anilines is 2. The van der Waals surface area contributed by atoms with Crippen LogP contribution in [0.25, 0.3) is 0 Å². The van der Waals surface area contributed by atoms with Crippen LogP contribution in [0.2, 0.25) is 0 Å². The Bertz CT molecular complexity index is 1110. The number of nitrogens with one attached hydrogen (secondary N) is 1. The van der Waals surface area contributed by atoms with Gasteiger partial charge in [-0.2, -0.15) is 11.8 Å². The Kier molecular flexibility index (Phi) is 7.91. The summed E-state index contributed by atoms with van der Waals surface area (Å²) in [7, 11) is 2.83. The van der Waals surface area contributed by atoms with E-state index in [1.807, 2.05) is 0 Å². The van der Waals surface area contributed by atoms with Crippen molar-refractivity contribution in [3.05, 3.63) is 59.7 Å². The third kappa shape index (κ3) is 5.20. The largest absolute Gasteiger partial charge is 0.346 e. The zero-order chi connectivity index (χ0) is 25.9. The maximum Gasteiger partial charge on any atom is 0.264 e. The third-order valence-corrected chi connectivity index (χ3v) is 6.47. The summed E-state index contributed by atoms with van der Waals surface area (Å²) >= 11 is 1.39. The summed E-state index contributed by atoms with van der Waals surface area (Å²) < 4.78 is 27.0. The van der Waals surface area contributed by atoms with E-state index >= 15 is 0 Å². The number of benzene rings is 2. The molecule has 0 bridgehead atoms. The first kappa shape index (κ1) is 26.3. The molecule has 3 N–H and O–H groups in total. The van der Waals surface area contributed by atoms with Crippen LogP contribution in [0.5, 0.6) is 0 Å². The molecule has 1 aliphatic rings. The van der Waals surface area contributed by atoms with Crippen molar-refractivity contribution in [3.8, 4) is 0 Å². The van der Waals surface area contributed by atoms with Crippen molar-refractivity contribution in [2.75, 3.05) is 35.9 Å². The first-order valence-corrected chi connectivity index (χ1v) is 12.1. The molecule has 3 rings (SSSR count). The van der Waals surface area contributed by atoms with E-state index in [2.05, 4.69) is 5.32 Å². The molecule has 2 aromatic rings. The van der Waals surface area contributed by atoms with Crippen molar-refractivity contribution < 1.29 is 28.0 Å². The van der Waals surface area contributed by atoms with Gasteiger partial charge in [-0.25, -0.2) is 8.78 Å². The summed E-state index contributed by atoms with van der Waals surface area (Å²) in [4.78, 5) is 55.4. The van der Waals surface area contributed by atoms with E-state index in [1.165, 1.54) is 25.9 Å². The molecule has 0 saturated carbocycles. The Labute approximate surface area is 205 Å². The Morgan fingerprint density at radius 1 is 1.03 bits per heavy atom. The number of Topliss-reactive ketones (excluding diaryl/α,β-unsaturated/α-hetero) is 1. The second-order valence-electron chi connectivity index (χ2n) is 8.25. The molecule has 3 amide bonds. The second-order valence-corrected chi connectivity index (χ2v) is 9.23. The van der Waals surface area contributed by atoms with E-state index in [0.717, 1.165) is 21.9 Å². The lowest BCUT2D eigenvalue weighted by Crippen LogP contribution is -2.70. The van der Waals surface area contributed by atoms with Crippen LogP contribution in [-0.4, -0.2) is 61.2 Å². The number of carbonyl (C=O) groups is 4. The number of thioether (sulfide) groups is 1. The molecule has 1 aliphatic heterocycles. The number of hydrogen-bond donors (Lipinski definition) is 2. The zero-order valence-corrected chi connectivity index (χ0v) is 20.3. The first-order valence-electron chi connectivity index (χ1n) is 10.7. The third-order valence-electron chi connectivity index (χ3n) is 5.83. The Morgan fingerprint density at radius 2 is 1.54 bits per heavy atom. The molecule has 11 heteroatoms. The van der Waals surface area contributed by atoms with E-state index in [0.29, 0.717) is 23.2 Å². The highest BCUT2D eigenvalue weighted by atomic mass is 32.2. The number of hydrogen-bond acceptors (Lipinski definition) is 6. The average Bonchev–Trinajstić information content (AvgIpc) is 2.87. The Hall–Kier alpha value is -3.31. The number of fused-ring (bicyclic) bond motifs is 1. The predicted molar refractivity (Wildman–Crippen MR) is 130 cm³/mol. The summed E-state index contributed by atoms with van der Waals surface area (Å²) in [6, 6.07) is 8.02. The van der Waals surface area contributed by atoms with Crippen LogP contribution in [0.1, 0.15) is 12.0 Å². The maximum absolute atomic E-state index is 13.7. The van der Waals surface area contributed by atoms with Crippen molar-refractivity contribution >= 4 is 46.6 Å². The first-order chi connectivity index (χ1) is 16.5. The topological polar surface area (TPSA) is 113 Å². The highest BCUT2D eigenvalue weighted by Gasteiger charge is 2.56.